The number of nitrogens with one attached hydrogen (secondary N) is 1. The number of aromatic amines is 1. The zero-order chi connectivity index (χ0) is 13.5. The van der Waals surface area contributed by atoms with E-state index >= 15 is 0 Å². The van der Waals surface area contributed by atoms with Gasteiger partial charge in [-0.05, 0) is 24.1 Å². The normalized spacial score (nSPS) is 11.5. The third kappa shape index (κ3) is 4.09. The molecular weight excluding hydrogens is 242 g/mol. The van der Waals surface area contributed by atoms with Crippen molar-refractivity contribution in [3.63, 3.8) is 0 Å². The van der Waals surface area contributed by atoms with Crippen molar-refractivity contribution >= 4 is 5.84 Å². The van der Waals surface area contributed by atoms with E-state index in [0.717, 1.165) is 24.3 Å². The summed E-state index contributed by atoms with van der Waals surface area (Å²) < 4.78 is 7.06. The molecule has 0 fully saturated rings. The molecule has 0 atom stereocenters. The van der Waals surface area contributed by atoms with E-state index in [9.17, 15) is 0 Å². The first-order chi connectivity index (χ1) is 9.28. The number of hydrogen-bond acceptors (Lipinski definition) is 3. The number of rotatable bonds is 6. The van der Waals surface area contributed by atoms with Gasteiger partial charge in [-0.1, -0.05) is 24.2 Å². The van der Waals surface area contributed by atoms with Crippen LogP contribution in [0.1, 0.15) is 18.9 Å². The van der Waals surface area contributed by atoms with Crippen LogP contribution in [-0.2, 0) is 6.42 Å². The molecule has 3 N–H and O–H groups in total. The Morgan fingerprint density at radius 3 is 2.84 bits per heavy atom. The first kappa shape index (κ1) is 13.1. The molecule has 1 aromatic heterocycles. The average molecular weight is 260 g/mol. The van der Waals surface area contributed by atoms with Gasteiger partial charge < -0.3 is 10.5 Å². The molecule has 0 aliphatic carbocycles. The molecule has 1 aromatic carbocycles. The van der Waals surface area contributed by atoms with Crippen LogP contribution in [0.15, 0.2) is 42.0 Å². The Hall–Kier alpha value is -2.37. The number of H-pyrrole nitrogens is 1. The van der Waals surface area contributed by atoms with Gasteiger partial charge in [0.2, 0.25) is 6.33 Å². The first-order valence-electron chi connectivity index (χ1n) is 6.23. The minimum absolute atomic E-state index is 0.522. The van der Waals surface area contributed by atoms with E-state index in [1.165, 1.54) is 4.68 Å². The van der Waals surface area contributed by atoms with Gasteiger partial charge >= 0.3 is 0 Å². The Morgan fingerprint density at radius 2 is 2.21 bits per heavy atom. The standard InChI is InChI=1S/C13H17N5O/c1-2-7-19-12-5-3-11(4-6-12)8-13(14)17-18-9-15-16-10-18/h3-6,9-10H,2,7-8H2,1H3,(H2,14,17)/p+1. The average Bonchev–Trinajstić information content (AvgIpc) is 2.90. The van der Waals surface area contributed by atoms with Gasteiger partial charge in [0.05, 0.1) is 6.61 Å². The Bertz CT molecular complexity index is 518. The van der Waals surface area contributed by atoms with Crippen LogP contribution >= 0.6 is 0 Å². The minimum Gasteiger partial charge on any atom is -0.494 e. The molecule has 100 valence electrons. The molecule has 2 rings (SSSR count). The highest BCUT2D eigenvalue weighted by atomic mass is 16.5. The summed E-state index contributed by atoms with van der Waals surface area (Å²) in [6, 6.07) is 7.88. The molecule has 1 heterocycles. The zero-order valence-corrected chi connectivity index (χ0v) is 10.9. The molecule has 0 saturated heterocycles. The van der Waals surface area contributed by atoms with Gasteiger partial charge in [0.15, 0.2) is 0 Å². The Labute approximate surface area is 111 Å². The van der Waals surface area contributed by atoms with E-state index in [1.807, 2.05) is 24.3 Å². The predicted octanol–water partition coefficient (Wildman–Crippen LogP) is 0.849. The van der Waals surface area contributed by atoms with Crippen LogP contribution in [0.4, 0.5) is 0 Å². The van der Waals surface area contributed by atoms with Gasteiger partial charge in [0.25, 0.3) is 6.33 Å². The van der Waals surface area contributed by atoms with E-state index in [2.05, 4.69) is 22.2 Å². The van der Waals surface area contributed by atoms with Crippen molar-refractivity contribution in [2.45, 2.75) is 19.8 Å². The van der Waals surface area contributed by atoms with Gasteiger partial charge in [-0.2, -0.15) is 0 Å². The number of nitrogens with zero attached hydrogens (tertiary/aromatic N) is 3. The van der Waals surface area contributed by atoms with Crippen LogP contribution in [-0.4, -0.2) is 22.6 Å². The van der Waals surface area contributed by atoms with Gasteiger partial charge in [-0.15, -0.1) is 9.77 Å². The van der Waals surface area contributed by atoms with E-state index in [0.29, 0.717) is 12.3 Å². The maximum absolute atomic E-state index is 5.87. The molecule has 0 bridgehead atoms. The number of nitrogens with two attached hydrogens (primary N) is 1. The second-order valence-corrected chi connectivity index (χ2v) is 4.14. The lowest BCUT2D eigenvalue weighted by molar-refractivity contribution is -0.679. The summed E-state index contributed by atoms with van der Waals surface area (Å²) in [6.07, 6.45) is 4.76. The van der Waals surface area contributed by atoms with Crippen molar-refractivity contribution in [1.29, 1.82) is 0 Å². The molecule has 0 unspecified atom stereocenters. The number of ether oxygens (including phenoxy) is 1. The fourth-order valence-corrected chi connectivity index (χ4v) is 1.59. The smallest absolute Gasteiger partial charge is 0.288 e. The predicted molar refractivity (Wildman–Crippen MR) is 71.7 cm³/mol. The van der Waals surface area contributed by atoms with E-state index in [4.69, 9.17) is 10.5 Å². The minimum atomic E-state index is 0.522. The maximum atomic E-state index is 5.87. The van der Waals surface area contributed by atoms with E-state index in [1.54, 1.807) is 12.7 Å². The topological polar surface area (TPSA) is 80.2 Å². The summed E-state index contributed by atoms with van der Waals surface area (Å²) >= 11 is 0. The summed E-state index contributed by atoms with van der Waals surface area (Å²) in [6.45, 7) is 2.82. The highest BCUT2D eigenvalue weighted by Crippen LogP contribution is 2.12. The van der Waals surface area contributed by atoms with Crippen molar-refractivity contribution in [3.8, 4) is 5.75 Å². The molecule has 0 amide bonds. The highest BCUT2D eigenvalue weighted by Gasteiger charge is 2.01. The molecule has 0 spiro atoms. The summed E-state index contributed by atoms with van der Waals surface area (Å²) in [5.74, 6) is 1.40. The highest BCUT2D eigenvalue weighted by molar-refractivity contribution is 5.81. The van der Waals surface area contributed by atoms with E-state index in [-0.39, 0.29) is 0 Å². The van der Waals surface area contributed by atoms with Crippen molar-refractivity contribution in [2.75, 3.05) is 6.61 Å². The molecule has 6 nitrogen and oxygen atoms in total. The van der Waals surface area contributed by atoms with Gasteiger partial charge in [0.1, 0.15) is 11.6 Å². The maximum Gasteiger partial charge on any atom is 0.288 e. The molecule has 2 aromatic rings. The molecule has 0 aliphatic heterocycles. The van der Waals surface area contributed by atoms with Crippen LogP contribution in [0.5, 0.6) is 5.75 Å². The number of hydrogen-bond donors (Lipinski definition) is 2. The SMILES string of the molecule is CCCOc1ccc(CC(N)=N[n+]2cn[nH]c2)cc1. The fraction of sp³-hybridized carbons (Fsp3) is 0.308. The third-order valence-electron chi connectivity index (χ3n) is 2.47. The van der Waals surface area contributed by atoms with Gasteiger partial charge in [0, 0.05) is 11.5 Å². The number of benzene rings is 1. The first-order valence-corrected chi connectivity index (χ1v) is 6.23. The molecule has 0 radical (unpaired) electrons. The second-order valence-electron chi connectivity index (χ2n) is 4.14. The molecular formula is C13H18N5O+. The van der Waals surface area contributed by atoms with Crippen molar-refractivity contribution < 1.29 is 9.41 Å². The lowest BCUT2D eigenvalue weighted by atomic mass is 10.1. The van der Waals surface area contributed by atoms with Gasteiger partial charge in [-0.25, -0.2) is 0 Å². The number of amidine groups is 1. The van der Waals surface area contributed by atoms with Crippen LogP contribution < -0.4 is 15.1 Å². The summed E-state index contributed by atoms with van der Waals surface area (Å²) in [5, 5.41) is 10.6. The molecule has 6 heteroatoms. The molecule has 0 aliphatic rings. The third-order valence-corrected chi connectivity index (χ3v) is 2.47. The Kier molecular flexibility index (Phi) is 4.49. The monoisotopic (exact) mass is 260 g/mol. The quantitative estimate of drug-likeness (QED) is 0.459. The van der Waals surface area contributed by atoms with Crippen LogP contribution in [0.2, 0.25) is 0 Å². The summed E-state index contributed by atoms with van der Waals surface area (Å²) in [5.41, 5.74) is 6.96. The summed E-state index contributed by atoms with van der Waals surface area (Å²) in [7, 11) is 0. The number of aromatic nitrogens is 3. The van der Waals surface area contributed by atoms with Crippen LogP contribution in [0.3, 0.4) is 0 Å². The Balaban J connectivity index is 1.95. The van der Waals surface area contributed by atoms with Crippen molar-refractivity contribution in [3.05, 3.63) is 42.5 Å². The van der Waals surface area contributed by atoms with Crippen molar-refractivity contribution in [2.24, 2.45) is 10.8 Å². The second kappa shape index (κ2) is 6.53. The zero-order valence-electron chi connectivity index (χ0n) is 10.9. The molecule has 0 saturated carbocycles. The van der Waals surface area contributed by atoms with Crippen molar-refractivity contribution in [1.82, 2.24) is 10.2 Å². The molecule has 19 heavy (non-hydrogen) atoms. The van der Waals surface area contributed by atoms with Crippen LogP contribution in [0.25, 0.3) is 0 Å². The largest absolute Gasteiger partial charge is 0.494 e. The van der Waals surface area contributed by atoms with Gasteiger partial charge in [-0.3, -0.25) is 0 Å². The summed E-state index contributed by atoms with van der Waals surface area (Å²) in [4.78, 5) is 0. The van der Waals surface area contributed by atoms with Crippen LogP contribution in [0, 0.1) is 0 Å². The van der Waals surface area contributed by atoms with E-state index < -0.39 is 0 Å². The fourth-order valence-electron chi connectivity index (χ4n) is 1.59. The lowest BCUT2D eigenvalue weighted by Crippen LogP contribution is -2.30. The Morgan fingerprint density at radius 1 is 1.42 bits per heavy atom. The lowest BCUT2D eigenvalue weighted by Gasteiger charge is -2.05.